The van der Waals surface area contributed by atoms with Crippen molar-refractivity contribution in [1.29, 1.82) is 0 Å². The number of nitrogens with one attached hydrogen (secondary N) is 1. The molecule has 1 fully saturated rings. The van der Waals surface area contributed by atoms with E-state index in [1.54, 1.807) is 0 Å². The first-order valence-corrected chi connectivity index (χ1v) is 7.19. The molecule has 0 bridgehead atoms. The van der Waals surface area contributed by atoms with E-state index in [0.717, 1.165) is 35.1 Å². The Morgan fingerprint density at radius 1 is 1.30 bits per heavy atom. The lowest BCUT2D eigenvalue weighted by Gasteiger charge is -2.26. The average molecular weight is 271 g/mol. The molecule has 20 heavy (non-hydrogen) atoms. The molecule has 1 heterocycles. The van der Waals surface area contributed by atoms with Gasteiger partial charge in [0.25, 0.3) is 0 Å². The van der Waals surface area contributed by atoms with Gasteiger partial charge in [0, 0.05) is 11.6 Å². The summed E-state index contributed by atoms with van der Waals surface area (Å²) in [5.41, 5.74) is 10.0. The predicted molar refractivity (Wildman–Crippen MR) is 80.7 cm³/mol. The zero-order valence-corrected chi connectivity index (χ0v) is 12.1. The van der Waals surface area contributed by atoms with Crippen molar-refractivity contribution in [2.45, 2.75) is 33.1 Å². The van der Waals surface area contributed by atoms with Gasteiger partial charge >= 0.3 is 0 Å². The molecule has 0 saturated heterocycles. The molecule has 1 saturated carbocycles. The number of aryl methyl sites for hydroxylation is 2. The fourth-order valence-corrected chi connectivity index (χ4v) is 2.68. The van der Waals surface area contributed by atoms with Crippen molar-refractivity contribution in [3.63, 3.8) is 0 Å². The predicted octanol–water partition coefficient (Wildman–Crippen LogP) is 3.45. The van der Waals surface area contributed by atoms with Crippen LogP contribution in [0.5, 0.6) is 5.75 Å². The first kappa shape index (κ1) is 13.0. The quantitative estimate of drug-likeness (QED) is 0.895. The molecular weight excluding hydrogens is 250 g/mol. The van der Waals surface area contributed by atoms with E-state index in [9.17, 15) is 0 Å². The third kappa shape index (κ3) is 2.50. The minimum Gasteiger partial charge on any atom is -0.492 e. The van der Waals surface area contributed by atoms with Crippen molar-refractivity contribution < 1.29 is 4.74 Å². The summed E-state index contributed by atoms with van der Waals surface area (Å²) in [6.07, 6.45) is 3.92. The number of aromatic amines is 1. The Labute approximate surface area is 119 Å². The number of anilines is 1. The Morgan fingerprint density at radius 2 is 2.10 bits per heavy atom. The van der Waals surface area contributed by atoms with Gasteiger partial charge in [0.05, 0.1) is 12.3 Å². The number of nitrogens with zero attached hydrogens (tertiary/aromatic N) is 1. The molecule has 0 radical (unpaired) electrons. The van der Waals surface area contributed by atoms with Crippen LogP contribution in [0.1, 0.15) is 30.4 Å². The summed E-state index contributed by atoms with van der Waals surface area (Å²) in [4.78, 5) is 0. The molecule has 0 unspecified atom stereocenters. The summed E-state index contributed by atoms with van der Waals surface area (Å²) >= 11 is 0. The molecule has 106 valence electrons. The van der Waals surface area contributed by atoms with Gasteiger partial charge in [-0.3, -0.25) is 5.10 Å². The molecule has 0 spiro atoms. The molecule has 2 aromatic rings. The smallest absolute Gasteiger partial charge is 0.145 e. The summed E-state index contributed by atoms with van der Waals surface area (Å²) in [7, 11) is 0. The summed E-state index contributed by atoms with van der Waals surface area (Å²) in [6.45, 7) is 4.98. The van der Waals surface area contributed by atoms with Crippen molar-refractivity contribution in [3.8, 4) is 17.0 Å². The van der Waals surface area contributed by atoms with Gasteiger partial charge in [0.2, 0.25) is 0 Å². The van der Waals surface area contributed by atoms with E-state index in [1.807, 2.05) is 6.07 Å². The number of aromatic nitrogens is 2. The molecule has 1 aromatic heterocycles. The number of benzene rings is 1. The van der Waals surface area contributed by atoms with Crippen molar-refractivity contribution in [1.82, 2.24) is 10.2 Å². The molecule has 0 atom stereocenters. The molecular formula is C16H21N3O. The van der Waals surface area contributed by atoms with Crippen molar-refractivity contribution in [3.05, 3.63) is 29.3 Å². The van der Waals surface area contributed by atoms with Crippen LogP contribution in [0.25, 0.3) is 11.3 Å². The van der Waals surface area contributed by atoms with Crippen molar-refractivity contribution >= 4 is 5.82 Å². The number of hydrogen-bond donors (Lipinski definition) is 2. The van der Waals surface area contributed by atoms with Crippen LogP contribution in [-0.4, -0.2) is 16.8 Å². The molecule has 0 amide bonds. The zero-order chi connectivity index (χ0) is 14.1. The summed E-state index contributed by atoms with van der Waals surface area (Å²) in [5, 5.41) is 6.99. The fourth-order valence-electron chi connectivity index (χ4n) is 2.68. The Hall–Kier alpha value is -1.97. The number of hydrogen-bond acceptors (Lipinski definition) is 3. The van der Waals surface area contributed by atoms with Gasteiger partial charge in [-0.15, -0.1) is 0 Å². The van der Waals surface area contributed by atoms with Crippen LogP contribution in [0, 0.1) is 19.8 Å². The first-order chi connectivity index (χ1) is 9.63. The van der Waals surface area contributed by atoms with Crippen LogP contribution in [0.4, 0.5) is 5.82 Å². The molecule has 0 aliphatic heterocycles. The second-order valence-corrected chi connectivity index (χ2v) is 5.77. The lowest BCUT2D eigenvalue weighted by atomic mass is 9.86. The molecule has 3 N–H and O–H groups in total. The fraction of sp³-hybridized carbons (Fsp3) is 0.438. The molecule has 1 aliphatic carbocycles. The third-order valence-corrected chi connectivity index (χ3v) is 3.99. The molecule has 4 nitrogen and oxygen atoms in total. The SMILES string of the molecule is Cc1cc(C)c(OCC2CCC2)c(-c2cc(N)n[nH]2)c1. The van der Waals surface area contributed by atoms with Gasteiger partial charge in [0.15, 0.2) is 0 Å². The Balaban J connectivity index is 1.93. The summed E-state index contributed by atoms with van der Waals surface area (Å²) in [5.74, 6) is 2.17. The van der Waals surface area contributed by atoms with E-state index < -0.39 is 0 Å². The number of H-pyrrole nitrogens is 1. The summed E-state index contributed by atoms with van der Waals surface area (Å²) in [6, 6.07) is 6.12. The maximum absolute atomic E-state index is 6.10. The number of ether oxygens (including phenoxy) is 1. The number of nitrogens with two attached hydrogens (primary N) is 1. The van der Waals surface area contributed by atoms with E-state index in [0.29, 0.717) is 5.82 Å². The Morgan fingerprint density at radius 3 is 2.70 bits per heavy atom. The van der Waals surface area contributed by atoms with Crippen LogP contribution in [0.2, 0.25) is 0 Å². The molecule has 1 aliphatic rings. The van der Waals surface area contributed by atoms with Gasteiger partial charge in [-0.2, -0.15) is 5.10 Å². The normalized spacial score (nSPS) is 15.1. The van der Waals surface area contributed by atoms with Gasteiger partial charge in [-0.25, -0.2) is 0 Å². The largest absolute Gasteiger partial charge is 0.492 e. The maximum Gasteiger partial charge on any atom is 0.145 e. The second-order valence-electron chi connectivity index (χ2n) is 5.77. The Kier molecular flexibility index (Phi) is 3.38. The lowest BCUT2D eigenvalue weighted by Crippen LogP contribution is -2.19. The van der Waals surface area contributed by atoms with Gasteiger partial charge in [-0.1, -0.05) is 12.5 Å². The Bertz CT molecular complexity index is 614. The maximum atomic E-state index is 6.10. The third-order valence-electron chi connectivity index (χ3n) is 3.99. The average Bonchev–Trinajstić information content (AvgIpc) is 2.75. The van der Waals surface area contributed by atoms with Crippen LogP contribution in [0.15, 0.2) is 18.2 Å². The van der Waals surface area contributed by atoms with E-state index in [4.69, 9.17) is 10.5 Å². The monoisotopic (exact) mass is 271 g/mol. The lowest BCUT2D eigenvalue weighted by molar-refractivity contribution is 0.180. The highest BCUT2D eigenvalue weighted by Gasteiger charge is 2.20. The summed E-state index contributed by atoms with van der Waals surface area (Å²) < 4.78 is 6.10. The minimum absolute atomic E-state index is 0.504. The zero-order valence-electron chi connectivity index (χ0n) is 12.1. The van der Waals surface area contributed by atoms with E-state index in [-0.39, 0.29) is 0 Å². The van der Waals surface area contributed by atoms with Crippen LogP contribution < -0.4 is 10.5 Å². The molecule has 3 rings (SSSR count). The van der Waals surface area contributed by atoms with Crippen molar-refractivity contribution in [2.75, 3.05) is 12.3 Å². The van der Waals surface area contributed by atoms with Crippen LogP contribution in [0.3, 0.4) is 0 Å². The molecule has 1 aromatic carbocycles. The minimum atomic E-state index is 0.504. The van der Waals surface area contributed by atoms with E-state index >= 15 is 0 Å². The van der Waals surface area contributed by atoms with E-state index in [2.05, 4.69) is 36.2 Å². The van der Waals surface area contributed by atoms with Gasteiger partial charge in [-0.05, 0) is 49.8 Å². The van der Waals surface area contributed by atoms with Gasteiger partial charge in [0.1, 0.15) is 11.6 Å². The highest BCUT2D eigenvalue weighted by atomic mass is 16.5. The number of rotatable bonds is 4. The van der Waals surface area contributed by atoms with Gasteiger partial charge < -0.3 is 10.5 Å². The van der Waals surface area contributed by atoms with Crippen LogP contribution >= 0.6 is 0 Å². The van der Waals surface area contributed by atoms with Crippen molar-refractivity contribution in [2.24, 2.45) is 5.92 Å². The number of nitrogen functional groups attached to an aromatic ring is 1. The standard InChI is InChI=1S/C16H21N3O/c1-10-6-11(2)16(20-9-12-4-3-5-12)13(7-10)14-8-15(17)19-18-14/h6-8,12H,3-5,9H2,1-2H3,(H3,17,18,19). The highest BCUT2D eigenvalue weighted by molar-refractivity contribution is 5.71. The molecule has 4 heteroatoms. The van der Waals surface area contributed by atoms with E-state index in [1.165, 1.54) is 24.8 Å². The highest BCUT2D eigenvalue weighted by Crippen LogP contribution is 2.35. The second kappa shape index (κ2) is 5.19. The van der Waals surface area contributed by atoms with Crippen LogP contribution in [-0.2, 0) is 0 Å². The topological polar surface area (TPSA) is 63.9 Å². The first-order valence-electron chi connectivity index (χ1n) is 7.19.